The quantitative estimate of drug-likeness (QED) is 0.717. The van der Waals surface area contributed by atoms with Crippen LogP contribution < -0.4 is 5.73 Å². The molecule has 2 atom stereocenters. The van der Waals surface area contributed by atoms with Gasteiger partial charge in [-0.25, -0.2) is 0 Å². The highest BCUT2D eigenvalue weighted by Crippen LogP contribution is 2.35. The Labute approximate surface area is 97.7 Å². The molecule has 0 radical (unpaired) electrons. The van der Waals surface area contributed by atoms with Crippen LogP contribution in [0.2, 0.25) is 0 Å². The van der Waals surface area contributed by atoms with Crippen molar-refractivity contribution >= 4 is 5.91 Å². The summed E-state index contributed by atoms with van der Waals surface area (Å²) in [5.41, 5.74) is 5.75. The smallest absolute Gasteiger partial charge is 0.223 e. The van der Waals surface area contributed by atoms with Crippen molar-refractivity contribution in [3.63, 3.8) is 0 Å². The number of amides is 1. The Morgan fingerprint density at radius 3 is 2.75 bits per heavy atom. The predicted molar refractivity (Wildman–Crippen MR) is 64.8 cm³/mol. The van der Waals surface area contributed by atoms with Crippen LogP contribution in [0.15, 0.2) is 12.2 Å². The molecule has 0 bridgehead atoms. The molecular formula is C13H22N2O. The highest BCUT2D eigenvalue weighted by atomic mass is 16.2. The zero-order valence-electron chi connectivity index (χ0n) is 10.1. The molecule has 3 heteroatoms. The monoisotopic (exact) mass is 222 g/mol. The van der Waals surface area contributed by atoms with Gasteiger partial charge in [0.2, 0.25) is 5.91 Å². The van der Waals surface area contributed by atoms with Crippen LogP contribution in [0.4, 0.5) is 0 Å². The molecular weight excluding hydrogens is 200 g/mol. The van der Waals surface area contributed by atoms with Crippen LogP contribution in [0.1, 0.15) is 32.1 Å². The first-order chi connectivity index (χ1) is 7.72. The maximum absolute atomic E-state index is 12.1. The molecule has 0 aromatic rings. The number of likely N-dealkylation sites (N-methyl/N-ethyl adjacent to an activating group) is 1. The first-order valence-electron chi connectivity index (χ1n) is 6.34. The Morgan fingerprint density at radius 2 is 2.25 bits per heavy atom. The molecule has 1 saturated carbocycles. The third-order valence-electron chi connectivity index (χ3n) is 3.85. The Morgan fingerprint density at radius 1 is 1.50 bits per heavy atom. The number of allylic oxidation sites excluding steroid dienone is 2. The second kappa shape index (κ2) is 5.00. The SMILES string of the molecule is CN(C(=O)CC1C=CCC1)C(CN)C1CC1. The van der Waals surface area contributed by atoms with Crippen LogP contribution in [0.3, 0.4) is 0 Å². The van der Waals surface area contributed by atoms with Crippen LogP contribution in [-0.2, 0) is 4.79 Å². The highest BCUT2D eigenvalue weighted by molar-refractivity contribution is 5.76. The summed E-state index contributed by atoms with van der Waals surface area (Å²) in [6, 6.07) is 0.276. The van der Waals surface area contributed by atoms with Crippen molar-refractivity contribution in [2.45, 2.75) is 38.1 Å². The molecule has 0 aromatic heterocycles. The van der Waals surface area contributed by atoms with Crippen molar-refractivity contribution in [1.82, 2.24) is 4.90 Å². The van der Waals surface area contributed by atoms with E-state index in [0.717, 1.165) is 12.8 Å². The number of carbonyl (C=O) groups is 1. The van der Waals surface area contributed by atoms with Gasteiger partial charge in [0.05, 0.1) is 0 Å². The Kier molecular flexibility index (Phi) is 3.64. The van der Waals surface area contributed by atoms with E-state index in [4.69, 9.17) is 5.73 Å². The van der Waals surface area contributed by atoms with E-state index >= 15 is 0 Å². The van der Waals surface area contributed by atoms with E-state index < -0.39 is 0 Å². The fraction of sp³-hybridized carbons (Fsp3) is 0.769. The first kappa shape index (κ1) is 11.6. The zero-order chi connectivity index (χ0) is 11.5. The number of rotatable bonds is 5. The number of carbonyl (C=O) groups excluding carboxylic acids is 1. The van der Waals surface area contributed by atoms with Gasteiger partial charge in [-0.05, 0) is 37.5 Å². The minimum absolute atomic E-state index is 0.263. The largest absolute Gasteiger partial charge is 0.341 e. The Bertz CT molecular complexity index is 284. The maximum Gasteiger partial charge on any atom is 0.223 e. The van der Waals surface area contributed by atoms with Crippen molar-refractivity contribution < 1.29 is 4.79 Å². The van der Waals surface area contributed by atoms with E-state index in [-0.39, 0.29) is 11.9 Å². The van der Waals surface area contributed by atoms with Gasteiger partial charge >= 0.3 is 0 Å². The Balaban J connectivity index is 1.84. The minimum atomic E-state index is 0.263. The number of hydrogen-bond acceptors (Lipinski definition) is 2. The lowest BCUT2D eigenvalue weighted by molar-refractivity contribution is -0.132. The molecule has 90 valence electrons. The summed E-state index contributed by atoms with van der Waals surface area (Å²) in [6.07, 6.45) is 9.77. The van der Waals surface area contributed by atoms with Gasteiger partial charge in [0.25, 0.3) is 0 Å². The molecule has 2 N–H and O–H groups in total. The van der Waals surface area contributed by atoms with E-state index in [0.29, 0.717) is 24.8 Å². The van der Waals surface area contributed by atoms with Crippen molar-refractivity contribution in [2.75, 3.05) is 13.6 Å². The maximum atomic E-state index is 12.1. The minimum Gasteiger partial charge on any atom is -0.341 e. The van der Waals surface area contributed by atoms with Gasteiger partial charge < -0.3 is 10.6 Å². The summed E-state index contributed by atoms with van der Waals surface area (Å²) >= 11 is 0. The summed E-state index contributed by atoms with van der Waals surface area (Å²) in [5, 5.41) is 0. The molecule has 3 nitrogen and oxygen atoms in total. The van der Waals surface area contributed by atoms with Crippen LogP contribution in [-0.4, -0.2) is 30.4 Å². The van der Waals surface area contributed by atoms with Crippen molar-refractivity contribution in [1.29, 1.82) is 0 Å². The van der Waals surface area contributed by atoms with E-state index in [1.54, 1.807) is 0 Å². The van der Waals surface area contributed by atoms with Crippen molar-refractivity contribution in [3.8, 4) is 0 Å². The van der Waals surface area contributed by atoms with Crippen LogP contribution in [0, 0.1) is 11.8 Å². The van der Waals surface area contributed by atoms with Gasteiger partial charge in [0.15, 0.2) is 0 Å². The second-order valence-electron chi connectivity index (χ2n) is 5.11. The molecule has 0 saturated heterocycles. The summed E-state index contributed by atoms with van der Waals surface area (Å²) in [4.78, 5) is 14.0. The topological polar surface area (TPSA) is 46.3 Å². The number of nitrogens with two attached hydrogens (primary N) is 1. The molecule has 0 aliphatic heterocycles. The first-order valence-corrected chi connectivity index (χ1v) is 6.34. The highest BCUT2D eigenvalue weighted by Gasteiger charge is 2.35. The fourth-order valence-electron chi connectivity index (χ4n) is 2.57. The normalized spacial score (nSPS) is 25.8. The summed E-state index contributed by atoms with van der Waals surface area (Å²) in [7, 11) is 1.91. The average Bonchev–Trinajstić information content (AvgIpc) is 2.97. The third kappa shape index (κ3) is 2.64. The molecule has 2 aliphatic carbocycles. The summed E-state index contributed by atoms with van der Waals surface area (Å²) < 4.78 is 0. The molecule has 0 heterocycles. The molecule has 0 aromatic carbocycles. The predicted octanol–water partition coefficient (Wildman–Crippen LogP) is 1.54. The van der Waals surface area contributed by atoms with Gasteiger partial charge in [0, 0.05) is 26.1 Å². The molecule has 16 heavy (non-hydrogen) atoms. The molecule has 1 amide bonds. The molecule has 2 unspecified atom stereocenters. The molecule has 0 spiro atoms. The fourth-order valence-corrected chi connectivity index (χ4v) is 2.57. The van der Waals surface area contributed by atoms with Gasteiger partial charge in [-0.3, -0.25) is 4.79 Å². The standard InChI is InChI=1S/C13H22N2O/c1-15(12(9-14)11-6-7-11)13(16)8-10-4-2-3-5-10/h2,4,10-12H,3,5-9,14H2,1H3. The lowest BCUT2D eigenvalue weighted by Crippen LogP contribution is -2.43. The van der Waals surface area contributed by atoms with Crippen molar-refractivity contribution in [3.05, 3.63) is 12.2 Å². The van der Waals surface area contributed by atoms with Gasteiger partial charge in [-0.2, -0.15) is 0 Å². The Hall–Kier alpha value is -0.830. The lowest BCUT2D eigenvalue weighted by Gasteiger charge is -2.28. The van der Waals surface area contributed by atoms with Crippen molar-refractivity contribution in [2.24, 2.45) is 17.6 Å². The van der Waals surface area contributed by atoms with E-state index in [1.807, 2.05) is 11.9 Å². The third-order valence-corrected chi connectivity index (χ3v) is 3.85. The van der Waals surface area contributed by atoms with Gasteiger partial charge in [0.1, 0.15) is 0 Å². The zero-order valence-corrected chi connectivity index (χ0v) is 10.1. The molecule has 2 aliphatic rings. The van der Waals surface area contributed by atoms with E-state index in [2.05, 4.69) is 12.2 Å². The molecule has 2 rings (SSSR count). The van der Waals surface area contributed by atoms with E-state index in [9.17, 15) is 4.79 Å². The van der Waals surface area contributed by atoms with Crippen LogP contribution in [0.25, 0.3) is 0 Å². The number of hydrogen-bond donors (Lipinski definition) is 1. The lowest BCUT2D eigenvalue weighted by atomic mass is 10.0. The van der Waals surface area contributed by atoms with Crippen LogP contribution >= 0.6 is 0 Å². The second-order valence-corrected chi connectivity index (χ2v) is 5.11. The van der Waals surface area contributed by atoms with Gasteiger partial charge in [-0.15, -0.1) is 0 Å². The summed E-state index contributed by atoms with van der Waals surface area (Å²) in [5.74, 6) is 1.39. The molecule has 1 fully saturated rings. The van der Waals surface area contributed by atoms with Gasteiger partial charge in [-0.1, -0.05) is 12.2 Å². The summed E-state index contributed by atoms with van der Waals surface area (Å²) in [6.45, 7) is 0.605. The van der Waals surface area contributed by atoms with E-state index in [1.165, 1.54) is 12.8 Å². The average molecular weight is 222 g/mol. The van der Waals surface area contributed by atoms with Crippen LogP contribution in [0.5, 0.6) is 0 Å². The number of nitrogens with zero attached hydrogens (tertiary/aromatic N) is 1.